The van der Waals surface area contributed by atoms with Gasteiger partial charge in [0.2, 0.25) is 0 Å². The van der Waals surface area contributed by atoms with Crippen molar-refractivity contribution in [3.05, 3.63) is 59.7 Å². The number of halogens is 2. The van der Waals surface area contributed by atoms with Crippen molar-refractivity contribution in [3.63, 3.8) is 0 Å². The van der Waals surface area contributed by atoms with E-state index in [4.69, 9.17) is 5.73 Å². The van der Waals surface area contributed by atoms with E-state index in [0.29, 0.717) is 12.2 Å². The lowest BCUT2D eigenvalue weighted by Crippen LogP contribution is -2.19. The normalized spacial score (nSPS) is 10.2. The average molecular weight is 277 g/mol. The van der Waals surface area contributed by atoms with Gasteiger partial charge in [0.25, 0.3) is 0 Å². The number of anilines is 2. The fourth-order valence-electron chi connectivity index (χ4n) is 1.59. The van der Waals surface area contributed by atoms with Gasteiger partial charge >= 0.3 is 6.03 Å². The van der Waals surface area contributed by atoms with Crippen LogP contribution in [0.3, 0.4) is 0 Å². The van der Waals surface area contributed by atoms with Gasteiger partial charge in [0.15, 0.2) is 11.6 Å². The molecule has 4 N–H and O–H groups in total. The van der Waals surface area contributed by atoms with Gasteiger partial charge in [0, 0.05) is 24.0 Å². The summed E-state index contributed by atoms with van der Waals surface area (Å²) in [5.74, 6) is -1.98. The third kappa shape index (κ3) is 3.52. The van der Waals surface area contributed by atoms with E-state index >= 15 is 0 Å². The molecule has 0 aromatic heterocycles. The van der Waals surface area contributed by atoms with Crippen molar-refractivity contribution >= 4 is 17.4 Å². The Labute approximate surface area is 114 Å². The van der Waals surface area contributed by atoms with E-state index in [9.17, 15) is 13.6 Å². The summed E-state index contributed by atoms with van der Waals surface area (Å²) >= 11 is 0. The van der Waals surface area contributed by atoms with Gasteiger partial charge in [-0.1, -0.05) is 12.1 Å². The van der Waals surface area contributed by atoms with Gasteiger partial charge in [-0.25, -0.2) is 13.6 Å². The van der Waals surface area contributed by atoms with Crippen LogP contribution in [-0.4, -0.2) is 6.03 Å². The van der Waals surface area contributed by atoms with E-state index in [1.165, 1.54) is 6.07 Å². The zero-order valence-electron chi connectivity index (χ0n) is 10.5. The quantitative estimate of drug-likeness (QED) is 0.807. The lowest BCUT2D eigenvalue weighted by molar-refractivity contribution is 0.262. The Kier molecular flexibility index (Phi) is 4.27. The standard InChI is InChI=1S/C14H13F2N3O/c15-12-6-5-11(7-13(12)16)19-14(20)18-10-3-1-9(8-17)2-4-10/h1-7H,8,17H2,(H2,18,19,20). The Bertz CT molecular complexity index is 614. The van der Waals surface area contributed by atoms with E-state index in [0.717, 1.165) is 17.7 Å². The third-order valence-corrected chi connectivity index (χ3v) is 2.62. The van der Waals surface area contributed by atoms with Gasteiger partial charge in [-0.3, -0.25) is 0 Å². The lowest BCUT2D eigenvalue weighted by Gasteiger charge is -2.08. The molecule has 2 amide bonds. The maximum atomic E-state index is 13.0. The molecule has 20 heavy (non-hydrogen) atoms. The monoisotopic (exact) mass is 277 g/mol. The van der Waals surface area contributed by atoms with Gasteiger partial charge in [-0.05, 0) is 29.8 Å². The summed E-state index contributed by atoms with van der Waals surface area (Å²) in [6.45, 7) is 0.418. The van der Waals surface area contributed by atoms with Crippen molar-refractivity contribution in [2.24, 2.45) is 5.73 Å². The van der Waals surface area contributed by atoms with Crippen LogP contribution in [0, 0.1) is 11.6 Å². The number of nitrogens with two attached hydrogens (primary N) is 1. The van der Waals surface area contributed by atoms with E-state index in [1.807, 2.05) is 0 Å². The molecule has 0 aliphatic carbocycles. The lowest BCUT2D eigenvalue weighted by atomic mass is 10.2. The molecular weight excluding hydrogens is 264 g/mol. The largest absolute Gasteiger partial charge is 0.326 e. The molecule has 0 spiro atoms. The number of urea groups is 1. The number of carbonyl (C=O) groups excluding carboxylic acids is 1. The van der Waals surface area contributed by atoms with Crippen molar-refractivity contribution in [1.29, 1.82) is 0 Å². The Morgan fingerprint density at radius 1 is 0.950 bits per heavy atom. The molecule has 0 saturated heterocycles. The first-order valence-electron chi connectivity index (χ1n) is 5.90. The Hall–Kier alpha value is -2.47. The predicted octanol–water partition coefficient (Wildman–Crippen LogP) is 3.07. The molecule has 0 unspecified atom stereocenters. The van der Waals surface area contributed by atoms with E-state index in [-0.39, 0.29) is 5.69 Å². The molecule has 4 nitrogen and oxygen atoms in total. The SMILES string of the molecule is NCc1ccc(NC(=O)Nc2ccc(F)c(F)c2)cc1. The molecule has 0 radical (unpaired) electrons. The van der Waals surface area contributed by atoms with E-state index < -0.39 is 17.7 Å². The van der Waals surface area contributed by atoms with E-state index in [2.05, 4.69) is 10.6 Å². The van der Waals surface area contributed by atoms with E-state index in [1.54, 1.807) is 24.3 Å². The summed E-state index contributed by atoms with van der Waals surface area (Å²) in [5.41, 5.74) is 7.14. The topological polar surface area (TPSA) is 67.1 Å². The zero-order valence-corrected chi connectivity index (χ0v) is 10.5. The smallest absolute Gasteiger partial charge is 0.323 e. The van der Waals surface area contributed by atoms with Crippen LogP contribution < -0.4 is 16.4 Å². The Balaban J connectivity index is 1.99. The minimum absolute atomic E-state index is 0.167. The molecule has 2 aromatic rings. The molecule has 6 heteroatoms. The molecule has 0 saturated carbocycles. The van der Waals surface area contributed by atoms with Crippen molar-refractivity contribution in [1.82, 2.24) is 0 Å². The van der Waals surface area contributed by atoms with Gasteiger partial charge in [-0.15, -0.1) is 0 Å². The summed E-state index contributed by atoms with van der Waals surface area (Å²) in [6, 6.07) is 9.56. The number of benzene rings is 2. The van der Waals surface area contributed by atoms with Gasteiger partial charge < -0.3 is 16.4 Å². The summed E-state index contributed by atoms with van der Waals surface area (Å²) < 4.78 is 25.7. The highest BCUT2D eigenvalue weighted by Crippen LogP contribution is 2.14. The van der Waals surface area contributed by atoms with Crippen LogP contribution in [0.5, 0.6) is 0 Å². The number of nitrogens with one attached hydrogen (secondary N) is 2. The first-order chi connectivity index (χ1) is 9.58. The number of rotatable bonds is 3. The zero-order chi connectivity index (χ0) is 14.5. The van der Waals surface area contributed by atoms with Crippen LogP contribution in [0.15, 0.2) is 42.5 Å². The molecule has 0 aliphatic rings. The van der Waals surface area contributed by atoms with Crippen LogP contribution in [0.2, 0.25) is 0 Å². The van der Waals surface area contributed by atoms with Crippen LogP contribution in [0.25, 0.3) is 0 Å². The number of carbonyl (C=O) groups is 1. The van der Waals surface area contributed by atoms with Gasteiger partial charge in [0.05, 0.1) is 0 Å². The first kappa shape index (κ1) is 14.0. The maximum absolute atomic E-state index is 13.0. The Morgan fingerprint density at radius 3 is 2.15 bits per heavy atom. The number of amides is 2. The highest BCUT2D eigenvalue weighted by atomic mass is 19.2. The number of hydrogen-bond acceptors (Lipinski definition) is 2. The molecule has 104 valence electrons. The molecular formula is C14H13F2N3O. The van der Waals surface area contributed by atoms with Crippen LogP contribution in [-0.2, 0) is 6.54 Å². The first-order valence-corrected chi connectivity index (χ1v) is 5.90. The minimum Gasteiger partial charge on any atom is -0.326 e. The minimum atomic E-state index is -1.02. The average Bonchev–Trinajstić information content (AvgIpc) is 2.44. The second kappa shape index (κ2) is 6.12. The summed E-state index contributed by atoms with van der Waals surface area (Å²) in [7, 11) is 0. The van der Waals surface area contributed by atoms with Crippen LogP contribution in [0.4, 0.5) is 25.0 Å². The van der Waals surface area contributed by atoms with Crippen molar-refractivity contribution in [3.8, 4) is 0 Å². The molecule has 0 aliphatic heterocycles. The summed E-state index contributed by atoms with van der Waals surface area (Å²) in [4.78, 5) is 11.7. The molecule has 2 aromatic carbocycles. The summed E-state index contributed by atoms with van der Waals surface area (Å²) in [6.07, 6.45) is 0. The highest BCUT2D eigenvalue weighted by Gasteiger charge is 2.06. The molecule has 0 bridgehead atoms. The molecule has 2 rings (SSSR count). The van der Waals surface area contributed by atoms with Crippen molar-refractivity contribution in [2.45, 2.75) is 6.54 Å². The van der Waals surface area contributed by atoms with Gasteiger partial charge in [0.1, 0.15) is 0 Å². The second-order valence-corrected chi connectivity index (χ2v) is 4.11. The van der Waals surface area contributed by atoms with Crippen LogP contribution >= 0.6 is 0 Å². The molecule has 0 atom stereocenters. The fraction of sp³-hybridized carbons (Fsp3) is 0.0714. The summed E-state index contributed by atoms with van der Waals surface area (Å²) in [5, 5.41) is 4.97. The fourth-order valence-corrected chi connectivity index (χ4v) is 1.59. The third-order valence-electron chi connectivity index (χ3n) is 2.62. The van der Waals surface area contributed by atoms with Gasteiger partial charge in [-0.2, -0.15) is 0 Å². The Morgan fingerprint density at radius 2 is 1.55 bits per heavy atom. The van der Waals surface area contributed by atoms with Crippen LogP contribution in [0.1, 0.15) is 5.56 Å². The second-order valence-electron chi connectivity index (χ2n) is 4.11. The van der Waals surface area contributed by atoms with Crippen molar-refractivity contribution < 1.29 is 13.6 Å². The van der Waals surface area contributed by atoms with Crippen molar-refractivity contribution in [2.75, 3.05) is 10.6 Å². The molecule has 0 heterocycles. The predicted molar refractivity (Wildman–Crippen MR) is 73.3 cm³/mol. The maximum Gasteiger partial charge on any atom is 0.323 e. The number of hydrogen-bond donors (Lipinski definition) is 3. The molecule has 0 fully saturated rings. The highest BCUT2D eigenvalue weighted by molar-refractivity contribution is 5.99.